The molecule has 5 nitrogen and oxygen atoms in total. The quantitative estimate of drug-likeness (QED) is 0.849. The van der Waals surface area contributed by atoms with Crippen molar-refractivity contribution in [1.29, 1.82) is 0 Å². The summed E-state index contributed by atoms with van der Waals surface area (Å²) < 4.78 is 5.47. The smallest absolute Gasteiger partial charge is 0.143 e. The van der Waals surface area contributed by atoms with Crippen LogP contribution in [0.15, 0.2) is 12.1 Å². The van der Waals surface area contributed by atoms with Crippen LogP contribution in [0.5, 0.6) is 5.75 Å². The van der Waals surface area contributed by atoms with Crippen LogP contribution in [0.2, 0.25) is 0 Å². The Morgan fingerprint density at radius 1 is 1.04 bits per heavy atom. The maximum Gasteiger partial charge on any atom is 0.143 e. The summed E-state index contributed by atoms with van der Waals surface area (Å²) in [6.07, 6.45) is 2.49. The number of hydrogen-bond donors (Lipinski definition) is 1. The van der Waals surface area contributed by atoms with Gasteiger partial charge in [0.25, 0.3) is 0 Å². The van der Waals surface area contributed by atoms with Crippen molar-refractivity contribution in [3.63, 3.8) is 0 Å². The highest BCUT2D eigenvalue weighted by molar-refractivity contribution is 5.68. The Labute approximate surface area is 152 Å². The Morgan fingerprint density at radius 3 is 2.24 bits per heavy atom. The maximum atomic E-state index is 6.14. The highest BCUT2D eigenvalue weighted by atomic mass is 16.5. The Bertz CT molecular complexity index is 573. The molecule has 0 radical (unpaired) electrons. The fourth-order valence-electron chi connectivity index (χ4n) is 4.18. The Hall–Kier alpha value is -1.46. The molecule has 3 rings (SSSR count). The number of rotatable bonds is 4. The number of nitrogen functional groups attached to an aromatic ring is 1. The van der Waals surface area contributed by atoms with Gasteiger partial charge in [0.1, 0.15) is 5.75 Å². The molecule has 2 fully saturated rings. The van der Waals surface area contributed by atoms with Gasteiger partial charge in [-0.3, -0.25) is 4.90 Å². The van der Waals surface area contributed by atoms with Crippen LogP contribution >= 0.6 is 0 Å². The van der Waals surface area contributed by atoms with Crippen LogP contribution in [0.4, 0.5) is 11.4 Å². The zero-order valence-corrected chi connectivity index (χ0v) is 16.3. The molecule has 0 amide bonds. The van der Waals surface area contributed by atoms with E-state index in [4.69, 9.17) is 10.5 Å². The molecule has 0 unspecified atom stereocenters. The molecular formula is C20H34N4O. The van der Waals surface area contributed by atoms with E-state index in [1.807, 2.05) is 0 Å². The molecule has 0 bridgehead atoms. The van der Waals surface area contributed by atoms with Crippen molar-refractivity contribution < 1.29 is 4.74 Å². The maximum absolute atomic E-state index is 6.14. The van der Waals surface area contributed by atoms with Gasteiger partial charge in [-0.05, 0) is 37.4 Å². The SMILES string of the molecule is COc1cc(N2CCC(N3CCN(C)CC3)CC2)c(C(C)C)cc1N. The van der Waals surface area contributed by atoms with Crippen molar-refractivity contribution in [2.24, 2.45) is 0 Å². The summed E-state index contributed by atoms with van der Waals surface area (Å²) in [7, 11) is 3.92. The number of anilines is 2. The van der Waals surface area contributed by atoms with E-state index in [1.54, 1.807) is 7.11 Å². The van der Waals surface area contributed by atoms with E-state index < -0.39 is 0 Å². The van der Waals surface area contributed by atoms with E-state index in [9.17, 15) is 0 Å². The number of methoxy groups -OCH3 is 1. The zero-order chi connectivity index (χ0) is 18.0. The molecule has 2 saturated heterocycles. The largest absolute Gasteiger partial charge is 0.495 e. The number of likely N-dealkylation sites (N-methyl/N-ethyl adjacent to an activating group) is 1. The molecule has 2 aliphatic heterocycles. The molecule has 0 atom stereocenters. The van der Waals surface area contributed by atoms with Gasteiger partial charge in [0.2, 0.25) is 0 Å². The molecule has 0 saturated carbocycles. The lowest BCUT2D eigenvalue weighted by Gasteiger charge is -2.43. The summed E-state index contributed by atoms with van der Waals surface area (Å²) >= 11 is 0. The van der Waals surface area contributed by atoms with E-state index in [0.29, 0.717) is 5.92 Å². The van der Waals surface area contributed by atoms with Gasteiger partial charge >= 0.3 is 0 Å². The van der Waals surface area contributed by atoms with Gasteiger partial charge in [0.05, 0.1) is 12.8 Å². The normalized spacial score (nSPS) is 21.1. The first-order valence-electron chi connectivity index (χ1n) is 9.64. The molecule has 0 spiro atoms. The number of piperidine rings is 1. The summed E-state index contributed by atoms with van der Waals surface area (Å²) in [5.41, 5.74) is 9.52. The highest BCUT2D eigenvalue weighted by Crippen LogP contribution is 2.37. The number of hydrogen-bond acceptors (Lipinski definition) is 5. The summed E-state index contributed by atoms with van der Waals surface area (Å²) in [6.45, 7) is 11.5. The summed E-state index contributed by atoms with van der Waals surface area (Å²) in [4.78, 5) is 7.66. The lowest BCUT2D eigenvalue weighted by atomic mass is 9.96. The number of benzene rings is 1. The number of nitrogens with two attached hydrogens (primary N) is 1. The first kappa shape index (κ1) is 18.3. The van der Waals surface area contributed by atoms with Crippen molar-refractivity contribution in [2.75, 3.05) is 64.1 Å². The fraction of sp³-hybridized carbons (Fsp3) is 0.700. The van der Waals surface area contributed by atoms with Gasteiger partial charge in [-0.2, -0.15) is 0 Å². The molecule has 5 heteroatoms. The lowest BCUT2D eigenvalue weighted by Crippen LogP contribution is -2.52. The first-order valence-corrected chi connectivity index (χ1v) is 9.64. The third-order valence-corrected chi connectivity index (χ3v) is 5.86. The van der Waals surface area contributed by atoms with Crippen LogP contribution in [0, 0.1) is 0 Å². The average Bonchev–Trinajstić information content (AvgIpc) is 2.62. The van der Waals surface area contributed by atoms with E-state index in [2.05, 4.69) is 47.7 Å². The van der Waals surface area contributed by atoms with Crippen molar-refractivity contribution in [2.45, 2.75) is 38.6 Å². The molecule has 1 aromatic rings. The highest BCUT2D eigenvalue weighted by Gasteiger charge is 2.28. The third-order valence-electron chi connectivity index (χ3n) is 5.86. The molecule has 2 N–H and O–H groups in total. The molecule has 2 heterocycles. The summed E-state index contributed by atoms with van der Waals surface area (Å²) in [5, 5.41) is 0. The average molecular weight is 347 g/mol. The number of piperazine rings is 1. The van der Waals surface area contributed by atoms with Gasteiger partial charge in [0.15, 0.2) is 0 Å². The molecular weight excluding hydrogens is 312 g/mol. The minimum absolute atomic E-state index is 0.457. The molecule has 2 aliphatic rings. The van der Waals surface area contributed by atoms with E-state index in [0.717, 1.165) is 30.6 Å². The molecule has 0 aliphatic carbocycles. The predicted molar refractivity (Wildman–Crippen MR) is 106 cm³/mol. The van der Waals surface area contributed by atoms with Crippen molar-refractivity contribution in [3.8, 4) is 5.75 Å². The van der Waals surface area contributed by atoms with E-state index in [-0.39, 0.29) is 0 Å². The molecule has 140 valence electrons. The monoisotopic (exact) mass is 346 g/mol. The predicted octanol–water partition coefficient (Wildman–Crippen LogP) is 2.62. The van der Waals surface area contributed by atoms with Crippen molar-refractivity contribution >= 4 is 11.4 Å². The molecule has 0 aromatic heterocycles. The van der Waals surface area contributed by atoms with Crippen LogP contribution < -0.4 is 15.4 Å². The second-order valence-corrected chi connectivity index (χ2v) is 7.87. The van der Waals surface area contributed by atoms with Crippen molar-refractivity contribution in [1.82, 2.24) is 9.80 Å². The minimum Gasteiger partial charge on any atom is -0.495 e. The van der Waals surface area contributed by atoms with E-state index in [1.165, 1.54) is 50.3 Å². The summed E-state index contributed by atoms with van der Waals surface area (Å²) in [5.74, 6) is 1.25. The third kappa shape index (κ3) is 4.04. The Kier molecular flexibility index (Phi) is 5.74. The van der Waals surface area contributed by atoms with Crippen LogP contribution in [-0.4, -0.2) is 69.3 Å². The fourth-order valence-corrected chi connectivity index (χ4v) is 4.18. The second kappa shape index (κ2) is 7.83. The second-order valence-electron chi connectivity index (χ2n) is 7.87. The minimum atomic E-state index is 0.457. The van der Waals surface area contributed by atoms with Crippen LogP contribution in [-0.2, 0) is 0 Å². The van der Waals surface area contributed by atoms with Crippen LogP contribution in [0.25, 0.3) is 0 Å². The van der Waals surface area contributed by atoms with Gasteiger partial charge in [0, 0.05) is 57.1 Å². The first-order chi connectivity index (χ1) is 12.0. The summed E-state index contributed by atoms with van der Waals surface area (Å²) in [6, 6.07) is 4.98. The van der Waals surface area contributed by atoms with Crippen LogP contribution in [0.1, 0.15) is 38.2 Å². The Morgan fingerprint density at radius 2 is 1.68 bits per heavy atom. The lowest BCUT2D eigenvalue weighted by molar-refractivity contribution is 0.0982. The number of ether oxygens (including phenoxy) is 1. The molecule has 25 heavy (non-hydrogen) atoms. The Balaban J connectivity index is 1.70. The topological polar surface area (TPSA) is 45.0 Å². The van der Waals surface area contributed by atoms with Gasteiger partial charge in [-0.1, -0.05) is 13.8 Å². The zero-order valence-electron chi connectivity index (χ0n) is 16.3. The van der Waals surface area contributed by atoms with Gasteiger partial charge < -0.3 is 20.3 Å². The van der Waals surface area contributed by atoms with Crippen molar-refractivity contribution in [3.05, 3.63) is 17.7 Å². The van der Waals surface area contributed by atoms with Crippen LogP contribution in [0.3, 0.4) is 0 Å². The number of nitrogens with zero attached hydrogens (tertiary/aromatic N) is 3. The molecule has 1 aromatic carbocycles. The van der Waals surface area contributed by atoms with Gasteiger partial charge in [-0.15, -0.1) is 0 Å². The van der Waals surface area contributed by atoms with Gasteiger partial charge in [-0.25, -0.2) is 0 Å². The van der Waals surface area contributed by atoms with E-state index >= 15 is 0 Å². The standard InChI is InChI=1S/C20H34N4O/c1-15(2)17-13-18(21)20(25-4)14-19(17)24-7-5-16(6-8-24)23-11-9-22(3)10-12-23/h13-16H,5-12,21H2,1-4H3.